The summed E-state index contributed by atoms with van der Waals surface area (Å²) in [6.45, 7) is 7.76. The van der Waals surface area contributed by atoms with Crippen molar-refractivity contribution in [1.82, 2.24) is 4.90 Å². The summed E-state index contributed by atoms with van der Waals surface area (Å²) in [4.78, 5) is 2.42. The first-order valence-corrected chi connectivity index (χ1v) is 6.10. The molecule has 2 unspecified atom stereocenters. The van der Waals surface area contributed by atoms with Gasteiger partial charge in [0.15, 0.2) is 0 Å². The predicted molar refractivity (Wildman–Crippen MR) is 70.0 cm³/mol. The molecule has 1 saturated heterocycles. The Kier molecular flexibility index (Phi) is 3.20. The maximum atomic E-state index is 3.67. The molecule has 0 amide bonds. The van der Waals surface area contributed by atoms with Crippen molar-refractivity contribution in [1.29, 1.82) is 0 Å². The molecule has 2 rings (SSSR count). The van der Waals surface area contributed by atoms with E-state index in [-0.39, 0.29) is 0 Å². The zero-order valence-electron chi connectivity index (χ0n) is 10.7. The number of aryl methyl sites for hydroxylation is 2. The average Bonchev–Trinajstić information content (AvgIpc) is 2.52. The van der Waals surface area contributed by atoms with Crippen molar-refractivity contribution in [3.05, 3.63) is 29.3 Å². The van der Waals surface area contributed by atoms with Gasteiger partial charge in [0, 0.05) is 24.3 Å². The van der Waals surface area contributed by atoms with Gasteiger partial charge in [-0.25, -0.2) is 0 Å². The fourth-order valence-electron chi connectivity index (χ4n) is 2.41. The minimum atomic E-state index is 0.598. The smallest absolute Gasteiger partial charge is 0.0403 e. The lowest BCUT2D eigenvalue weighted by Crippen LogP contribution is -2.25. The standard InChI is InChI=1S/C14H22N2/c1-10-5-6-11(2)14(7-10)15-13-8-12(3)16(4)9-13/h5-7,12-13,15H,8-9H2,1-4H3. The van der Waals surface area contributed by atoms with Gasteiger partial charge in [-0.2, -0.15) is 0 Å². The second-order valence-corrected chi connectivity index (χ2v) is 5.18. The van der Waals surface area contributed by atoms with E-state index in [1.54, 1.807) is 0 Å². The Morgan fingerprint density at radius 3 is 2.69 bits per heavy atom. The molecule has 88 valence electrons. The number of nitrogens with zero attached hydrogens (tertiary/aromatic N) is 1. The van der Waals surface area contributed by atoms with Gasteiger partial charge in [-0.05, 0) is 51.4 Å². The molecule has 1 heterocycles. The van der Waals surface area contributed by atoms with Crippen molar-refractivity contribution in [3.63, 3.8) is 0 Å². The van der Waals surface area contributed by atoms with E-state index in [4.69, 9.17) is 0 Å². The number of anilines is 1. The molecule has 0 spiro atoms. The summed E-state index contributed by atoms with van der Waals surface area (Å²) in [7, 11) is 2.20. The summed E-state index contributed by atoms with van der Waals surface area (Å²) >= 11 is 0. The monoisotopic (exact) mass is 218 g/mol. The highest BCUT2D eigenvalue weighted by Gasteiger charge is 2.25. The largest absolute Gasteiger partial charge is 0.381 e. The minimum Gasteiger partial charge on any atom is -0.381 e. The third-order valence-corrected chi connectivity index (χ3v) is 3.64. The molecule has 0 radical (unpaired) electrons. The molecular weight excluding hydrogens is 196 g/mol. The van der Waals surface area contributed by atoms with Gasteiger partial charge in [-0.15, -0.1) is 0 Å². The van der Waals surface area contributed by atoms with Crippen molar-refractivity contribution in [2.45, 2.75) is 39.3 Å². The molecule has 0 saturated carbocycles. The predicted octanol–water partition coefficient (Wildman–Crippen LogP) is 2.81. The first-order valence-electron chi connectivity index (χ1n) is 6.10. The van der Waals surface area contributed by atoms with Crippen molar-refractivity contribution in [3.8, 4) is 0 Å². The Morgan fingerprint density at radius 2 is 2.06 bits per heavy atom. The normalized spacial score (nSPS) is 26.0. The number of hydrogen-bond acceptors (Lipinski definition) is 2. The minimum absolute atomic E-state index is 0.598. The van der Waals surface area contributed by atoms with Gasteiger partial charge in [-0.1, -0.05) is 12.1 Å². The quantitative estimate of drug-likeness (QED) is 0.821. The van der Waals surface area contributed by atoms with Crippen molar-refractivity contribution in [2.75, 3.05) is 18.9 Å². The maximum absolute atomic E-state index is 3.67. The molecule has 0 aliphatic carbocycles. The average molecular weight is 218 g/mol. The number of likely N-dealkylation sites (tertiary alicyclic amines) is 1. The Balaban J connectivity index is 2.07. The molecule has 1 N–H and O–H groups in total. The van der Waals surface area contributed by atoms with Crippen LogP contribution >= 0.6 is 0 Å². The van der Waals surface area contributed by atoms with Crippen LogP contribution in [0.25, 0.3) is 0 Å². The number of rotatable bonds is 2. The first-order chi connectivity index (χ1) is 7.56. The summed E-state index contributed by atoms with van der Waals surface area (Å²) in [6.07, 6.45) is 1.24. The lowest BCUT2D eigenvalue weighted by molar-refractivity contribution is 0.330. The van der Waals surface area contributed by atoms with Crippen LogP contribution in [0.3, 0.4) is 0 Å². The van der Waals surface area contributed by atoms with Crippen LogP contribution in [0.2, 0.25) is 0 Å². The topological polar surface area (TPSA) is 15.3 Å². The van der Waals surface area contributed by atoms with E-state index < -0.39 is 0 Å². The number of benzene rings is 1. The summed E-state index contributed by atoms with van der Waals surface area (Å²) in [5.41, 5.74) is 3.97. The van der Waals surface area contributed by atoms with Gasteiger partial charge in [-0.3, -0.25) is 0 Å². The molecule has 2 atom stereocenters. The summed E-state index contributed by atoms with van der Waals surface area (Å²) in [5, 5.41) is 3.67. The zero-order chi connectivity index (χ0) is 11.7. The third-order valence-electron chi connectivity index (χ3n) is 3.64. The molecule has 16 heavy (non-hydrogen) atoms. The first kappa shape index (κ1) is 11.5. The lowest BCUT2D eigenvalue weighted by Gasteiger charge is -2.16. The van der Waals surface area contributed by atoms with E-state index in [0.29, 0.717) is 12.1 Å². The van der Waals surface area contributed by atoms with Crippen LogP contribution in [0.15, 0.2) is 18.2 Å². The molecule has 2 nitrogen and oxygen atoms in total. The molecule has 0 aromatic heterocycles. The SMILES string of the molecule is Cc1ccc(C)c(NC2CC(C)N(C)C2)c1. The Morgan fingerprint density at radius 1 is 1.31 bits per heavy atom. The summed E-state index contributed by atoms with van der Waals surface area (Å²) in [5.74, 6) is 0. The van der Waals surface area contributed by atoms with E-state index in [1.807, 2.05) is 0 Å². The second-order valence-electron chi connectivity index (χ2n) is 5.18. The zero-order valence-corrected chi connectivity index (χ0v) is 10.7. The molecular formula is C14H22N2. The van der Waals surface area contributed by atoms with Crippen LogP contribution in [0.1, 0.15) is 24.5 Å². The Labute approximate surface area is 98.7 Å². The maximum Gasteiger partial charge on any atom is 0.0403 e. The van der Waals surface area contributed by atoms with E-state index in [9.17, 15) is 0 Å². The van der Waals surface area contributed by atoms with Gasteiger partial charge in [0.05, 0.1) is 0 Å². The van der Waals surface area contributed by atoms with Crippen LogP contribution < -0.4 is 5.32 Å². The van der Waals surface area contributed by atoms with Gasteiger partial charge < -0.3 is 10.2 Å². The number of nitrogens with one attached hydrogen (secondary N) is 1. The Bertz CT molecular complexity index is 363. The van der Waals surface area contributed by atoms with Gasteiger partial charge >= 0.3 is 0 Å². The van der Waals surface area contributed by atoms with E-state index in [0.717, 1.165) is 6.54 Å². The molecule has 1 aliphatic heterocycles. The molecule has 2 heteroatoms. The Hall–Kier alpha value is -1.02. The molecule has 1 aromatic carbocycles. The summed E-state index contributed by atoms with van der Waals surface area (Å²) < 4.78 is 0. The van der Waals surface area contributed by atoms with Gasteiger partial charge in [0.25, 0.3) is 0 Å². The van der Waals surface area contributed by atoms with Gasteiger partial charge in [0.2, 0.25) is 0 Å². The van der Waals surface area contributed by atoms with Crippen molar-refractivity contribution >= 4 is 5.69 Å². The summed E-state index contributed by atoms with van der Waals surface area (Å²) in [6, 6.07) is 7.91. The fraction of sp³-hybridized carbons (Fsp3) is 0.571. The highest BCUT2D eigenvalue weighted by molar-refractivity contribution is 5.53. The molecule has 1 aliphatic rings. The molecule has 0 bridgehead atoms. The van der Waals surface area contributed by atoms with E-state index in [2.05, 4.69) is 56.2 Å². The van der Waals surface area contributed by atoms with E-state index >= 15 is 0 Å². The third kappa shape index (κ3) is 2.38. The second kappa shape index (κ2) is 4.46. The number of hydrogen-bond donors (Lipinski definition) is 1. The highest BCUT2D eigenvalue weighted by atomic mass is 15.2. The molecule has 1 fully saturated rings. The van der Waals surface area contributed by atoms with Crippen LogP contribution in [-0.2, 0) is 0 Å². The van der Waals surface area contributed by atoms with Crippen molar-refractivity contribution < 1.29 is 0 Å². The lowest BCUT2D eigenvalue weighted by atomic mass is 10.1. The van der Waals surface area contributed by atoms with Crippen molar-refractivity contribution in [2.24, 2.45) is 0 Å². The van der Waals surface area contributed by atoms with Crippen LogP contribution in [0.4, 0.5) is 5.69 Å². The van der Waals surface area contributed by atoms with Crippen LogP contribution in [-0.4, -0.2) is 30.6 Å². The van der Waals surface area contributed by atoms with E-state index in [1.165, 1.54) is 23.2 Å². The fourth-order valence-corrected chi connectivity index (χ4v) is 2.41. The number of likely N-dealkylation sites (N-methyl/N-ethyl adjacent to an activating group) is 1. The highest BCUT2D eigenvalue weighted by Crippen LogP contribution is 2.22. The van der Waals surface area contributed by atoms with Crippen LogP contribution in [0, 0.1) is 13.8 Å². The molecule has 1 aromatic rings. The van der Waals surface area contributed by atoms with Crippen LogP contribution in [0.5, 0.6) is 0 Å². The van der Waals surface area contributed by atoms with Gasteiger partial charge in [0.1, 0.15) is 0 Å².